The largest absolute Gasteiger partial charge is 0.480 e. The molecule has 1 saturated heterocycles. The third-order valence-electron chi connectivity index (χ3n) is 4.75. The van der Waals surface area contributed by atoms with E-state index in [4.69, 9.17) is 0 Å². The lowest BCUT2D eigenvalue weighted by atomic mass is 9.74. The maximum atomic E-state index is 12.5. The number of halogens is 3. The molecular formula is C14H20F3NO3. The Morgan fingerprint density at radius 3 is 2.14 bits per heavy atom. The highest BCUT2D eigenvalue weighted by atomic mass is 19.4. The van der Waals surface area contributed by atoms with Crippen molar-refractivity contribution in [1.29, 1.82) is 0 Å². The van der Waals surface area contributed by atoms with Crippen LogP contribution in [0.25, 0.3) is 0 Å². The summed E-state index contributed by atoms with van der Waals surface area (Å²) in [5.74, 6) is -2.86. The fourth-order valence-corrected chi connectivity index (χ4v) is 3.67. The Balaban J connectivity index is 2.07. The number of hydrogen-bond acceptors (Lipinski definition) is 2. The highest BCUT2D eigenvalue weighted by molar-refractivity contribution is 5.87. The first-order valence-corrected chi connectivity index (χ1v) is 7.41. The first-order valence-electron chi connectivity index (χ1n) is 7.41. The highest BCUT2D eigenvalue weighted by Crippen LogP contribution is 2.38. The topological polar surface area (TPSA) is 57.6 Å². The molecule has 1 N–H and O–H groups in total. The molecule has 2 atom stereocenters. The summed E-state index contributed by atoms with van der Waals surface area (Å²) < 4.78 is 37.6. The molecule has 21 heavy (non-hydrogen) atoms. The molecule has 0 aromatic heterocycles. The molecule has 7 heteroatoms. The summed E-state index contributed by atoms with van der Waals surface area (Å²) in [4.78, 5) is 23.1. The van der Waals surface area contributed by atoms with E-state index in [2.05, 4.69) is 0 Å². The number of amides is 1. The van der Waals surface area contributed by atoms with E-state index < -0.39 is 24.1 Å². The summed E-state index contributed by atoms with van der Waals surface area (Å²) in [6, 6.07) is -1.35. The van der Waals surface area contributed by atoms with Crippen LogP contribution >= 0.6 is 0 Å². The monoisotopic (exact) mass is 307 g/mol. The van der Waals surface area contributed by atoms with Crippen LogP contribution in [-0.2, 0) is 9.59 Å². The molecule has 2 rings (SSSR count). The van der Waals surface area contributed by atoms with E-state index in [1.54, 1.807) is 0 Å². The predicted octanol–water partition coefficient (Wildman–Crippen LogP) is 2.82. The molecule has 0 unspecified atom stereocenters. The Morgan fingerprint density at radius 1 is 1.00 bits per heavy atom. The molecule has 0 aromatic carbocycles. The van der Waals surface area contributed by atoms with Crippen LogP contribution in [-0.4, -0.2) is 40.6 Å². The zero-order valence-electron chi connectivity index (χ0n) is 11.7. The van der Waals surface area contributed by atoms with Crippen LogP contribution in [0.2, 0.25) is 0 Å². The number of carbonyl (C=O) groups excluding carboxylic acids is 1. The standard InChI is InChI=1S/C14H20F3NO3/c15-14(16,17)13(21)18-7-6-10(8-11(18)12(19)20)9-4-2-1-3-5-9/h9-11H,1-8H2,(H,19,20)/t10-,11+/m0/s1. The summed E-state index contributed by atoms with van der Waals surface area (Å²) >= 11 is 0. The Morgan fingerprint density at radius 2 is 1.62 bits per heavy atom. The molecule has 120 valence electrons. The summed E-state index contributed by atoms with van der Waals surface area (Å²) in [7, 11) is 0. The number of hydrogen-bond donors (Lipinski definition) is 1. The van der Waals surface area contributed by atoms with Gasteiger partial charge in [-0.2, -0.15) is 13.2 Å². The first kappa shape index (κ1) is 16.1. The van der Waals surface area contributed by atoms with Crippen LogP contribution in [0.5, 0.6) is 0 Å². The molecule has 1 aliphatic heterocycles. The van der Waals surface area contributed by atoms with Gasteiger partial charge in [0.2, 0.25) is 0 Å². The third kappa shape index (κ3) is 3.68. The molecule has 1 heterocycles. The van der Waals surface area contributed by atoms with Gasteiger partial charge in [-0.15, -0.1) is 0 Å². The predicted molar refractivity (Wildman–Crippen MR) is 68.5 cm³/mol. The number of aliphatic carboxylic acids is 1. The van der Waals surface area contributed by atoms with Crippen LogP contribution in [0.1, 0.15) is 44.9 Å². The fourth-order valence-electron chi connectivity index (χ4n) is 3.67. The number of carboxylic acids is 1. The smallest absolute Gasteiger partial charge is 0.471 e. The lowest BCUT2D eigenvalue weighted by molar-refractivity contribution is -0.192. The van der Waals surface area contributed by atoms with Gasteiger partial charge in [-0.25, -0.2) is 4.79 Å². The van der Waals surface area contributed by atoms with Crippen LogP contribution in [0, 0.1) is 11.8 Å². The molecule has 2 fully saturated rings. The fraction of sp³-hybridized carbons (Fsp3) is 0.857. The normalized spacial score (nSPS) is 28.4. The number of carboxylic acid groups (broad SMARTS) is 1. The van der Waals surface area contributed by atoms with Crippen LogP contribution in [0.15, 0.2) is 0 Å². The number of likely N-dealkylation sites (tertiary alicyclic amines) is 1. The van der Waals surface area contributed by atoms with Gasteiger partial charge >= 0.3 is 18.1 Å². The molecule has 4 nitrogen and oxygen atoms in total. The summed E-state index contributed by atoms with van der Waals surface area (Å²) in [6.07, 6.45) is 1.01. The summed E-state index contributed by atoms with van der Waals surface area (Å²) in [6.45, 7) is -0.115. The van der Waals surface area contributed by atoms with Crippen LogP contribution in [0.4, 0.5) is 13.2 Å². The Bertz CT molecular complexity index is 405. The van der Waals surface area contributed by atoms with Gasteiger partial charge in [0.05, 0.1) is 0 Å². The lowest BCUT2D eigenvalue weighted by Crippen LogP contribution is -2.54. The Labute approximate surface area is 121 Å². The average molecular weight is 307 g/mol. The third-order valence-corrected chi connectivity index (χ3v) is 4.75. The molecule has 2 aliphatic rings. The van der Waals surface area contributed by atoms with Gasteiger partial charge in [-0.05, 0) is 24.7 Å². The number of rotatable bonds is 2. The van der Waals surface area contributed by atoms with E-state index in [9.17, 15) is 27.9 Å². The van der Waals surface area contributed by atoms with Crippen molar-refractivity contribution in [1.82, 2.24) is 4.90 Å². The van der Waals surface area contributed by atoms with Crippen molar-refractivity contribution in [2.75, 3.05) is 6.54 Å². The molecule has 0 spiro atoms. The zero-order chi connectivity index (χ0) is 15.6. The summed E-state index contributed by atoms with van der Waals surface area (Å²) in [5, 5.41) is 9.18. The van der Waals surface area contributed by atoms with Crippen molar-refractivity contribution in [3.8, 4) is 0 Å². The average Bonchev–Trinajstić information content (AvgIpc) is 2.45. The molecule has 0 bridgehead atoms. The van der Waals surface area contributed by atoms with Crippen molar-refractivity contribution in [3.05, 3.63) is 0 Å². The number of piperidine rings is 1. The molecule has 1 amide bonds. The maximum Gasteiger partial charge on any atom is 0.471 e. The van der Waals surface area contributed by atoms with Crippen molar-refractivity contribution in [2.45, 2.75) is 57.2 Å². The van der Waals surface area contributed by atoms with Crippen LogP contribution in [0.3, 0.4) is 0 Å². The minimum absolute atomic E-state index is 0.115. The zero-order valence-corrected chi connectivity index (χ0v) is 11.7. The van der Waals surface area contributed by atoms with Gasteiger partial charge in [-0.3, -0.25) is 4.79 Å². The molecule has 0 aromatic rings. The van der Waals surface area contributed by atoms with Crippen LogP contribution < -0.4 is 0 Å². The molecule has 1 saturated carbocycles. The van der Waals surface area contributed by atoms with Crippen molar-refractivity contribution >= 4 is 11.9 Å². The van der Waals surface area contributed by atoms with E-state index in [-0.39, 0.29) is 18.9 Å². The number of alkyl halides is 3. The molecule has 1 aliphatic carbocycles. The SMILES string of the molecule is O=C(O)[C@H]1C[C@@H](C2CCCCC2)CCN1C(=O)C(F)(F)F. The van der Waals surface area contributed by atoms with E-state index in [1.807, 2.05) is 0 Å². The summed E-state index contributed by atoms with van der Waals surface area (Å²) in [5.41, 5.74) is 0. The van der Waals surface area contributed by atoms with Gasteiger partial charge in [-0.1, -0.05) is 32.1 Å². The van der Waals surface area contributed by atoms with Gasteiger partial charge in [0.25, 0.3) is 0 Å². The van der Waals surface area contributed by atoms with Gasteiger partial charge in [0.1, 0.15) is 6.04 Å². The Kier molecular flexibility index (Phi) is 4.78. The second-order valence-electron chi connectivity index (χ2n) is 6.03. The van der Waals surface area contributed by atoms with Gasteiger partial charge < -0.3 is 10.0 Å². The van der Waals surface area contributed by atoms with Gasteiger partial charge in [0.15, 0.2) is 0 Å². The number of nitrogens with zero attached hydrogens (tertiary/aromatic N) is 1. The lowest BCUT2D eigenvalue weighted by Gasteiger charge is -2.41. The van der Waals surface area contributed by atoms with E-state index in [0.29, 0.717) is 17.2 Å². The molecular weight excluding hydrogens is 287 g/mol. The quantitative estimate of drug-likeness (QED) is 0.853. The minimum Gasteiger partial charge on any atom is -0.480 e. The van der Waals surface area contributed by atoms with E-state index in [1.165, 1.54) is 6.42 Å². The highest BCUT2D eigenvalue weighted by Gasteiger charge is 2.48. The van der Waals surface area contributed by atoms with Crippen molar-refractivity contribution in [2.24, 2.45) is 11.8 Å². The maximum absolute atomic E-state index is 12.5. The number of carbonyl (C=O) groups is 2. The Hall–Kier alpha value is -1.27. The first-order chi connectivity index (χ1) is 9.80. The minimum atomic E-state index is -5.01. The van der Waals surface area contributed by atoms with Gasteiger partial charge in [0, 0.05) is 6.54 Å². The van der Waals surface area contributed by atoms with E-state index in [0.717, 1.165) is 25.7 Å². The van der Waals surface area contributed by atoms with Crippen molar-refractivity contribution < 1.29 is 27.9 Å². The molecule has 0 radical (unpaired) electrons. The second kappa shape index (κ2) is 6.23. The van der Waals surface area contributed by atoms with E-state index >= 15 is 0 Å². The van der Waals surface area contributed by atoms with Crippen molar-refractivity contribution in [3.63, 3.8) is 0 Å². The second-order valence-corrected chi connectivity index (χ2v) is 6.03.